The Labute approximate surface area is 148 Å². The topological polar surface area (TPSA) is 86.7 Å². The molecule has 0 unspecified atom stereocenters. The predicted octanol–water partition coefficient (Wildman–Crippen LogP) is 2.87. The zero-order valence-electron chi connectivity index (χ0n) is 13.7. The molecule has 26 heavy (non-hydrogen) atoms. The van der Waals surface area contributed by atoms with Gasteiger partial charge >= 0.3 is 23.9 Å². The molecule has 0 N–H and O–H groups in total. The normalized spacial score (nSPS) is 14.9. The largest absolute Gasteiger partial charge is 0.386 e. The van der Waals surface area contributed by atoms with Crippen molar-refractivity contribution in [2.45, 2.75) is 25.7 Å². The van der Waals surface area contributed by atoms with E-state index in [-0.39, 0.29) is 0 Å². The zero-order chi connectivity index (χ0) is 18.3. The number of benzene rings is 2. The van der Waals surface area contributed by atoms with E-state index in [0.717, 1.165) is 24.0 Å². The number of carbonyl (C=O) groups excluding carboxylic acids is 4. The first-order chi connectivity index (χ1) is 12.6. The molecule has 2 aromatic rings. The predicted molar refractivity (Wildman–Crippen MR) is 89.0 cm³/mol. The monoisotopic (exact) mass is 350 g/mol. The van der Waals surface area contributed by atoms with Gasteiger partial charge in [0.1, 0.15) is 0 Å². The summed E-state index contributed by atoms with van der Waals surface area (Å²) in [6.07, 6.45) is 2.74. The third-order valence-corrected chi connectivity index (χ3v) is 4.66. The molecule has 0 saturated carbocycles. The van der Waals surface area contributed by atoms with E-state index >= 15 is 0 Å². The van der Waals surface area contributed by atoms with Crippen LogP contribution in [-0.2, 0) is 22.3 Å². The first-order valence-corrected chi connectivity index (χ1v) is 8.33. The van der Waals surface area contributed by atoms with E-state index in [9.17, 15) is 19.2 Å². The number of aryl methyl sites for hydroxylation is 2. The van der Waals surface area contributed by atoms with E-state index in [2.05, 4.69) is 9.47 Å². The minimum absolute atomic E-state index is 0.314. The lowest BCUT2D eigenvalue weighted by atomic mass is 9.95. The van der Waals surface area contributed by atoms with E-state index in [1.54, 1.807) is 24.3 Å². The van der Waals surface area contributed by atoms with Crippen molar-refractivity contribution >= 4 is 23.9 Å². The minimum Gasteiger partial charge on any atom is -0.386 e. The molecule has 4 rings (SSSR count). The van der Waals surface area contributed by atoms with Crippen molar-refractivity contribution in [2.75, 3.05) is 0 Å². The summed E-state index contributed by atoms with van der Waals surface area (Å²) in [5.41, 5.74) is 2.90. The van der Waals surface area contributed by atoms with Crippen LogP contribution in [0.3, 0.4) is 0 Å². The summed E-state index contributed by atoms with van der Waals surface area (Å²) in [5, 5.41) is 0. The number of hydrogen-bond acceptors (Lipinski definition) is 6. The van der Waals surface area contributed by atoms with Crippen molar-refractivity contribution < 1.29 is 28.7 Å². The van der Waals surface area contributed by atoms with Crippen molar-refractivity contribution in [3.05, 3.63) is 69.8 Å². The molecule has 130 valence electrons. The summed E-state index contributed by atoms with van der Waals surface area (Å²) in [5.74, 6) is -2.39. The second-order valence-electron chi connectivity index (χ2n) is 6.24. The van der Waals surface area contributed by atoms with Crippen molar-refractivity contribution in [2.24, 2.45) is 0 Å². The summed E-state index contributed by atoms with van der Waals surface area (Å²) in [4.78, 5) is 46.8. The molecule has 2 aliphatic heterocycles. The van der Waals surface area contributed by atoms with Crippen molar-refractivity contribution in [3.8, 4) is 0 Å². The Hall–Kier alpha value is -3.28. The third kappa shape index (κ3) is 2.60. The Balaban J connectivity index is 1.44. The standard InChI is InChI=1S/C20H14O6/c21-17-13-9-3-7-11(15(13)19(23)25-17)5-1-2-6-12-8-4-10-14-16(12)20(24)26-18(14)22/h3-4,7-10H,1-2,5-6H2. The van der Waals surface area contributed by atoms with Crippen LogP contribution in [0.15, 0.2) is 36.4 Å². The fraction of sp³-hybridized carbons (Fsp3) is 0.200. The molecule has 6 heteroatoms. The van der Waals surface area contributed by atoms with Crippen molar-refractivity contribution in [3.63, 3.8) is 0 Å². The molecule has 6 nitrogen and oxygen atoms in total. The van der Waals surface area contributed by atoms with E-state index in [0.29, 0.717) is 35.1 Å². The maximum Gasteiger partial charge on any atom is 0.347 e. The number of esters is 4. The van der Waals surface area contributed by atoms with Gasteiger partial charge in [-0.3, -0.25) is 0 Å². The zero-order valence-corrected chi connectivity index (χ0v) is 13.7. The van der Waals surface area contributed by atoms with E-state index in [1.165, 1.54) is 0 Å². The Kier molecular flexibility index (Phi) is 3.88. The van der Waals surface area contributed by atoms with Crippen LogP contribution in [0.25, 0.3) is 0 Å². The fourth-order valence-electron chi connectivity index (χ4n) is 3.45. The summed E-state index contributed by atoms with van der Waals surface area (Å²) >= 11 is 0. The SMILES string of the molecule is O=C1OC(=O)c2c(CCCCc3cccc4c3C(=O)OC4=O)cccc21. The molecule has 0 aliphatic carbocycles. The van der Waals surface area contributed by atoms with Crippen LogP contribution in [0.5, 0.6) is 0 Å². The number of cyclic esters (lactones) is 4. The number of ether oxygens (including phenoxy) is 2. The molecule has 2 heterocycles. The van der Waals surface area contributed by atoms with Crippen LogP contribution in [0.2, 0.25) is 0 Å². The molecule has 0 atom stereocenters. The maximum absolute atomic E-state index is 11.8. The van der Waals surface area contributed by atoms with Crippen molar-refractivity contribution in [1.82, 2.24) is 0 Å². The Morgan fingerprint density at radius 2 is 1.00 bits per heavy atom. The summed E-state index contributed by atoms with van der Waals surface area (Å²) in [6, 6.07) is 10.3. The molecule has 2 aromatic carbocycles. The van der Waals surface area contributed by atoms with Gasteiger partial charge in [0, 0.05) is 0 Å². The number of carbonyl (C=O) groups is 4. The van der Waals surface area contributed by atoms with Crippen LogP contribution in [0, 0.1) is 0 Å². The molecule has 0 aromatic heterocycles. The quantitative estimate of drug-likeness (QED) is 0.468. The highest BCUT2D eigenvalue weighted by Gasteiger charge is 2.32. The maximum atomic E-state index is 11.8. The Morgan fingerprint density at radius 1 is 0.577 bits per heavy atom. The van der Waals surface area contributed by atoms with Crippen LogP contribution in [0.4, 0.5) is 0 Å². The average Bonchev–Trinajstić information content (AvgIpc) is 3.09. The van der Waals surface area contributed by atoms with Gasteiger partial charge in [0.05, 0.1) is 22.3 Å². The molecule has 2 aliphatic rings. The third-order valence-electron chi connectivity index (χ3n) is 4.66. The average molecular weight is 350 g/mol. The lowest BCUT2D eigenvalue weighted by molar-refractivity contribution is 0.0425. The van der Waals surface area contributed by atoms with Crippen molar-refractivity contribution in [1.29, 1.82) is 0 Å². The molecular weight excluding hydrogens is 336 g/mol. The highest BCUT2D eigenvalue weighted by atomic mass is 16.6. The molecule has 0 radical (unpaired) electrons. The summed E-state index contributed by atoms with van der Waals surface area (Å²) in [6.45, 7) is 0. The second-order valence-corrected chi connectivity index (χ2v) is 6.24. The van der Waals surface area contributed by atoms with E-state index in [4.69, 9.17) is 0 Å². The fourth-order valence-corrected chi connectivity index (χ4v) is 3.45. The number of hydrogen-bond donors (Lipinski definition) is 0. The van der Waals surface area contributed by atoms with Crippen LogP contribution >= 0.6 is 0 Å². The smallest absolute Gasteiger partial charge is 0.347 e. The second kappa shape index (κ2) is 6.22. The first kappa shape index (κ1) is 16.2. The van der Waals surface area contributed by atoms with Gasteiger partial charge in [-0.1, -0.05) is 24.3 Å². The van der Waals surface area contributed by atoms with Gasteiger partial charge < -0.3 is 9.47 Å². The highest BCUT2D eigenvalue weighted by Crippen LogP contribution is 2.27. The van der Waals surface area contributed by atoms with Gasteiger partial charge in [0.15, 0.2) is 0 Å². The molecular formula is C20H14O6. The molecule has 0 bridgehead atoms. The molecule has 0 amide bonds. The van der Waals surface area contributed by atoms with Gasteiger partial charge in [0.2, 0.25) is 0 Å². The summed E-state index contributed by atoms with van der Waals surface area (Å²) in [7, 11) is 0. The van der Waals surface area contributed by atoms with E-state index in [1.807, 2.05) is 12.1 Å². The van der Waals surface area contributed by atoms with Gasteiger partial charge in [-0.15, -0.1) is 0 Å². The minimum atomic E-state index is -0.602. The van der Waals surface area contributed by atoms with Crippen LogP contribution in [-0.4, -0.2) is 23.9 Å². The number of fused-ring (bicyclic) bond motifs is 2. The lowest BCUT2D eigenvalue weighted by Crippen LogP contribution is -2.02. The molecule has 0 spiro atoms. The lowest BCUT2D eigenvalue weighted by Gasteiger charge is -2.07. The molecule has 0 fully saturated rings. The van der Waals surface area contributed by atoms with Crippen LogP contribution in [0.1, 0.15) is 65.4 Å². The first-order valence-electron chi connectivity index (χ1n) is 8.33. The number of rotatable bonds is 5. The Bertz CT molecular complexity index is 893. The van der Waals surface area contributed by atoms with Gasteiger partial charge in [0.25, 0.3) is 0 Å². The Morgan fingerprint density at radius 3 is 1.42 bits per heavy atom. The van der Waals surface area contributed by atoms with Crippen LogP contribution < -0.4 is 0 Å². The van der Waals surface area contributed by atoms with Gasteiger partial charge in [-0.05, 0) is 48.9 Å². The van der Waals surface area contributed by atoms with Gasteiger partial charge in [-0.25, -0.2) is 19.2 Å². The van der Waals surface area contributed by atoms with Gasteiger partial charge in [-0.2, -0.15) is 0 Å². The molecule has 0 saturated heterocycles. The highest BCUT2D eigenvalue weighted by molar-refractivity contribution is 6.16. The van der Waals surface area contributed by atoms with E-state index < -0.39 is 23.9 Å². The summed E-state index contributed by atoms with van der Waals surface area (Å²) < 4.78 is 9.32. The number of unbranched alkanes of at least 4 members (excludes halogenated alkanes) is 1.